The van der Waals surface area contributed by atoms with Gasteiger partial charge >= 0.3 is 5.97 Å². The van der Waals surface area contributed by atoms with Gasteiger partial charge in [0.25, 0.3) is 0 Å². The average molecular weight is 353 g/mol. The molecule has 0 spiro atoms. The van der Waals surface area contributed by atoms with Crippen LogP contribution >= 0.6 is 0 Å². The van der Waals surface area contributed by atoms with Crippen LogP contribution in [0.2, 0.25) is 0 Å². The third-order valence-electron chi connectivity index (χ3n) is 6.11. The highest BCUT2D eigenvalue weighted by molar-refractivity contribution is 5.98. The second kappa shape index (κ2) is 8.03. The normalized spacial score (nSPS) is 24.9. The predicted octanol–water partition coefficient (Wildman–Crippen LogP) is 4.47. The molecule has 0 N–H and O–H groups in total. The maximum absolute atomic E-state index is 12.2. The molecule has 1 saturated carbocycles. The van der Waals surface area contributed by atoms with Gasteiger partial charge in [-0.25, -0.2) is 0 Å². The second-order valence-electron chi connectivity index (χ2n) is 7.89. The molecule has 2 unspecified atom stereocenters. The Labute approximate surface area is 155 Å². The van der Waals surface area contributed by atoms with Gasteiger partial charge in [0.05, 0.1) is 12.5 Å². The summed E-state index contributed by atoms with van der Waals surface area (Å²) in [6.45, 7) is 2.16. The summed E-state index contributed by atoms with van der Waals surface area (Å²) < 4.78 is 5.88. The number of nitrogens with zero attached hydrogens (tertiary/aromatic N) is 1. The van der Waals surface area contributed by atoms with E-state index in [0.717, 1.165) is 44.1 Å². The molecule has 0 radical (unpaired) electrons. The Morgan fingerprint density at radius 2 is 2.00 bits per heavy atom. The summed E-state index contributed by atoms with van der Waals surface area (Å²) in [6.07, 6.45) is 6.65. The number of ether oxygens (including phenoxy) is 1. The SMILES string of the molecule is CC(CCC1(C2CCCC2)CC(=O)CC(=O)O1)c1ccccc1CC#N. The second-order valence-corrected chi connectivity index (χ2v) is 7.89. The van der Waals surface area contributed by atoms with Gasteiger partial charge in [-0.15, -0.1) is 0 Å². The molecule has 1 aromatic carbocycles. The summed E-state index contributed by atoms with van der Waals surface area (Å²) in [7, 11) is 0. The third-order valence-corrected chi connectivity index (χ3v) is 6.11. The Bertz CT molecular complexity index is 696. The van der Waals surface area contributed by atoms with Gasteiger partial charge in [-0.3, -0.25) is 9.59 Å². The first-order valence-electron chi connectivity index (χ1n) is 9.72. The van der Waals surface area contributed by atoms with Crippen molar-refractivity contribution in [2.75, 3.05) is 0 Å². The van der Waals surface area contributed by atoms with Crippen molar-refractivity contribution < 1.29 is 14.3 Å². The molecule has 1 saturated heterocycles. The van der Waals surface area contributed by atoms with Crippen molar-refractivity contribution in [3.63, 3.8) is 0 Å². The highest BCUT2D eigenvalue weighted by Crippen LogP contribution is 2.45. The van der Waals surface area contributed by atoms with E-state index in [-0.39, 0.29) is 24.1 Å². The van der Waals surface area contributed by atoms with Crippen LogP contribution in [0.4, 0.5) is 0 Å². The van der Waals surface area contributed by atoms with Gasteiger partial charge in [-0.05, 0) is 48.6 Å². The number of nitriles is 1. The molecule has 2 fully saturated rings. The van der Waals surface area contributed by atoms with Crippen LogP contribution < -0.4 is 0 Å². The van der Waals surface area contributed by atoms with Crippen LogP contribution in [0, 0.1) is 17.2 Å². The zero-order valence-electron chi connectivity index (χ0n) is 15.5. The third kappa shape index (κ3) is 3.98. The highest BCUT2D eigenvalue weighted by Gasteiger charge is 2.47. The Morgan fingerprint density at radius 3 is 2.69 bits per heavy atom. The number of rotatable bonds is 6. The number of carbonyl (C=O) groups excluding carboxylic acids is 2. The smallest absolute Gasteiger partial charge is 0.313 e. The number of hydrogen-bond donors (Lipinski definition) is 0. The lowest BCUT2D eigenvalue weighted by atomic mass is 9.74. The van der Waals surface area contributed by atoms with Crippen LogP contribution in [-0.2, 0) is 20.7 Å². The fourth-order valence-corrected chi connectivity index (χ4v) is 4.76. The molecule has 1 aromatic rings. The average Bonchev–Trinajstić information content (AvgIpc) is 3.15. The van der Waals surface area contributed by atoms with Crippen molar-refractivity contribution >= 4 is 11.8 Å². The molecule has 26 heavy (non-hydrogen) atoms. The van der Waals surface area contributed by atoms with E-state index < -0.39 is 5.60 Å². The van der Waals surface area contributed by atoms with Crippen molar-refractivity contribution in [3.05, 3.63) is 35.4 Å². The van der Waals surface area contributed by atoms with Crippen LogP contribution in [0.3, 0.4) is 0 Å². The largest absolute Gasteiger partial charge is 0.458 e. The Balaban J connectivity index is 1.77. The number of benzene rings is 1. The summed E-state index contributed by atoms with van der Waals surface area (Å²) >= 11 is 0. The summed E-state index contributed by atoms with van der Waals surface area (Å²) in [4.78, 5) is 24.2. The van der Waals surface area contributed by atoms with Crippen LogP contribution in [-0.4, -0.2) is 17.4 Å². The minimum absolute atomic E-state index is 0.0192. The van der Waals surface area contributed by atoms with E-state index in [2.05, 4.69) is 19.1 Å². The van der Waals surface area contributed by atoms with Crippen LogP contribution in [0.1, 0.15) is 75.3 Å². The topological polar surface area (TPSA) is 67.2 Å². The zero-order valence-corrected chi connectivity index (χ0v) is 15.5. The lowest BCUT2D eigenvalue weighted by Gasteiger charge is -2.41. The fourth-order valence-electron chi connectivity index (χ4n) is 4.76. The molecule has 0 bridgehead atoms. The van der Waals surface area contributed by atoms with Gasteiger partial charge in [0, 0.05) is 6.42 Å². The van der Waals surface area contributed by atoms with E-state index in [1.165, 1.54) is 5.56 Å². The highest BCUT2D eigenvalue weighted by atomic mass is 16.6. The number of hydrogen-bond acceptors (Lipinski definition) is 4. The lowest BCUT2D eigenvalue weighted by Crippen LogP contribution is -2.47. The van der Waals surface area contributed by atoms with Gasteiger partial charge in [-0.1, -0.05) is 44.0 Å². The van der Waals surface area contributed by atoms with E-state index in [9.17, 15) is 9.59 Å². The molecule has 0 aromatic heterocycles. The lowest BCUT2D eigenvalue weighted by molar-refractivity contribution is -0.178. The van der Waals surface area contributed by atoms with E-state index in [1.54, 1.807) is 0 Å². The van der Waals surface area contributed by atoms with Gasteiger partial charge < -0.3 is 4.74 Å². The number of cyclic esters (lactones) is 1. The maximum atomic E-state index is 12.2. The molecular weight excluding hydrogens is 326 g/mol. The number of ketones is 1. The maximum Gasteiger partial charge on any atom is 0.313 e. The Kier molecular flexibility index (Phi) is 5.76. The number of esters is 1. The first-order chi connectivity index (χ1) is 12.5. The molecule has 1 aliphatic carbocycles. The van der Waals surface area contributed by atoms with Crippen molar-refractivity contribution in [3.8, 4) is 6.07 Å². The van der Waals surface area contributed by atoms with Crippen LogP contribution in [0.25, 0.3) is 0 Å². The Morgan fingerprint density at radius 1 is 1.27 bits per heavy atom. The summed E-state index contributed by atoms with van der Waals surface area (Å²) in [5, 5.41) is 9.06. The first-order valence-corrected chi connectivity index (χ1v) is 9.72. The molecule has 0 amide bonds. The van der Waals surface area contributed by atoms with E-state index in [1.807, 2.05) is 18.2 Å². The summed E-state index contributed by atoms with van der Waals surface area (Å²) in [5.41, 5.74) is 1.64. The van der Waals surface area contributed by atoms with Crippen molar-refractivity contribution in [1.82, 2.24) is 0 Å². The minimum Gasteiger partial charge on any atom is -0.458 e. The number of carbonyl (C=O) groups is 2. The molecule has 3 rings (SSSR count). The summed E-state index contributed by atoms with van der Waals surface area (Å²) in [6, 6.07) is 10.3. The number of Topliss-reactive ketones (excluding diaryl/α,β-unsaturated/α-hetero) is 1. The summed E-state index contributed by atoms with van der Waals surface area (Å²) in [5.74, 6) is 0.224. The standard InChI is InChI=1S/C22H27NO3/c1-16(20-9-5-2-6-17(20)11-13-23)10-12-22(18-7-3-4-8-18)15-19(24)14-21(25)26-22/h2,5-6,9,16,18H,3-4,7-8,10-12,14-15H2,1H3. The van der Waals surface area contributed by atoms with E-state index in [0.29, 0.717) is 18.8 Å². The molecule has 4 nitrogen and oxygen atoms in total. The van der Waals surface area contributed by atoms with Gasteiger partial charge in [0.2, 0.25) is 0 Å². The van der Waals surface area contributed by atoms with Crippen LogP contribution in [0.15, 0.2) is 24.3 Å². The van der Waals surface area contributed by atoms with Gasteiger partial charge in [0.15, 0.2) is 0 Å². The van der Waals surface area contributed by atoms with Crippen LogP contribution in [0.5, 0.6) is 0 Å². The fraction of sp³-hybridized carbons (Fsp3) is 0.591. The molecule has 2 aliphatic rings. The predicted molar refractivity (Wildman–Crippen MR) is 98.4 cm³/mol. The minimum atomic E-state index is -0.610. The van der Waals surface area contributed by atoms with Crippen molar-refractivity contribution in [2.24, 2.45) is 5.92 Å². The molecule has 1 heterocycles. The van der Waals surface area contributed by atoms with E-state index >= 15 is 0 Å². The Hall–Kier alpha value is -2.15. The molecule has 2 atom stereocenters. The van der Waals surface area contributed by atoms with Crippen molar-refractivity contribution in [2.45, 2.75) is 76.2 Å². The quantitative estimate of drug-likeness (QED) is 0.559. The monoisotopic (exact) mass is 353 g/mol. The van der Waals surface area contributed by atoms with Crippen molar-refractivity contribution in [1.29, 1.82) is 5.26 Å². The van der Waals surface area contributed by atoms with E-state index in [4.69, 9.17) is 10.00 Å². The zero-order chi connectivity index (χ0) is 18.6. The molecular formula is C22H27NO3. The van der Waals surface area contributed by atoms with Gasteiger partial charge in [-0.2, -0.15) is 5.26 Å². The molecule has 1 aliphatic heterocycles. The molecule has 138 valence electrons. The first kappa shape index (κ1) is 18.6. The van der Waals surface area contributed by atoms with Gasteiger partial charge in [0.1, 0.15) is 17.8 Å². The molecule has 4 heteroatoms.